The number of ether oxygens (including phenoxy) is 3. The lowest BCUT2D eigenvalue weighted by Gasteiger charge is -2.29. The average molecular weight is 562 g/mol. The molecule has 0 spiro atoms. The Morgan fingerprint density at radius 1 is 1.02 bits per heavy atom. The number of morpholine rings is 1. The number of thiophene rings is 1. The third-order valence-corrected chi connectivity index (χ3v) is 9.15. The second-order valence-electron chi connectivity index (χ2n) is 11.2. The molecule has 212 valence electrons. The Morgan fingerprint density at radius 3 is 2.60 bits per heavy atom. The maximum Gasteiger partial charge on any atom is 0.254 e. The van der Waals surface area contributed by atoms with Crippen LogP contribution < -0.4 is 14.4 Å². The molecular formula is C32H39N3O4S. The van der Waals surface area contributed by atoms with Crippen LogP contribution in [0.1, 0.15) is 33.6 Å². The van der Waals surface area contributed by atoms with Crippen LogP contribution in [0.3, 0.4) is 0 Å². The van der Waals surface area contributed by atoms with Crippen LogP contribution in [0, 0.1) is 12.8 Å². The molecule has 8 heteroatoms. The minimum absolute atomic E-state index is 0.0232. The van der Waals surface area contributed by atoms with Crippen LogP contribution in [0.5, 0.6) is 11.5 Å². The molecule has 2 saturated heterocycles. The minimum Gasteiger partial charge on any atom is -0.489 e. The highest BCUT2D eigenvalue weighted by molar-refractivity contribution is 7.15. The van der Waals surface area contributed by atoms with Crippen LogP contribution >= 0.6 is 11.3 Å². The molecule has 2 fully saturated rings. The van der Waals surface area contributed by atoms with Crippen molar-refractivity contribution in [3.63, 3.8) is 0 Å². The summed E-state index contributed by atoms with van der Waals surface area (Å²) in [5, 5.41) is 0. The standard InChI is InChI=1S/C32H39N3O4S/c1-23-5-10-30(40-23)26-18-27-21-35(32(36)25-6-8-28(9-7-25)34-12-15-37-16-13-34)14-17-38-31(27)29(19-26)39-22-24-4-3-11-33(2)20-24/h5-10,18-19,24H,3-4,11-17,20-22H2,1-2H3/t24-/m1/s1. The van der Waals surface area contributed by atoms with Gasteiger partial charge >= 0.3 is 0 Å². The number of benzene rings is 2. The highest BCUT2D eigenvalue weighted by Gasteiger charge is 2.26. The molecule has 0 unspecified atom stereocenters. The van der Waals surface area contributed by atoms with Crippen molar-refractivity contribution in [1.82, 2.24) is 9.80 Å². The van der Waals surface area contributed by atoms with Crippen molar-refractivity contribution >= 4 is 22.9 Å². The molecule has 0 bridgehead atoms. The van der Waals surface area contributed by atoms with E-state index in [0.717, 1.165) is 67.7 Å². The van der Waals surface area contributed by atoms with E-state index in [2.05, 4.69) is 48.0 Å². The summed E-state index contributed by atoms with van der Waals surface area (Å²) in [6.07, 6.45) is 2.39. The summed E-state index contributed by atoms with van der Waals surface area (Å²) in [6, 6.07) is 16.6. The summed E-state index contributed by atoms with van der Waals surface area (Å²) < 4.78 is 18.3. The molecule has 0 radical (unpaired) electrons. The Balaban J connectivity index is 1.24. The first-order valence-corrected chi connectivity index (χ1v) is 15.2. The van der Waals surface area contributed by atoms with Crippen LogP contribution in [0.15, 0.2) is 48.5 Å². The van der Waals surface area contributed by atoms with Crippen LogP contribution in [0.4, 0.5) is 5.69 Å². The van der Waals surface area contributed by atoms with Gasteiger partial charge in [0.25, 0.3) is 5.91 Å². The Kier molecular flexibility index (Phi) is 8.27. The summed E-state index contributed by atoms with van der Waals surface area (Å²) >= 11 is 1.77. The Hall–Kier alpha value is -3.07. The maximum absolute atomic E-state index is 13.7. The van der Waals surface area contributed by atoms with Gasteiger partial charge in [0.2, 0.25) is 0 Å². The number of carbonyl (C=O) groups excluding carboxylic acids is 1. The molecule has 6 rings (SSSR count). The average Bonchev–Trinajstić information content (AvgIpc) is 3.30. The number of amides is 1. The van der Waals surface area contributed by atoms with Gasteiger partial charge in [-0.3, -0.25) is 4.79 Å². The van der Waals surface area contributed by atoms with Gasteiger partial charge in [0.1, 0.15) is 6.61 Å². The Bertz CT molecular complexity index is 1320. The molecular weight excluding hydrogens is 522 g/mol. The topological polar surface area (TPSA) is 54.5 Å². The number of nitrogens with zero attached hydrogens (tertiary/aromatic N) is 3. The maximum atomic E-state index is 13.7. The van der Waals surface area contributed by atoms with Crippen LogP contribution in [-0.2, 0) is 11.3 Å². The molecule has 7 nitrogen and oxygen atoms in total. The number of hydrogen-bond acceptors (Lipinski definition) is 7. The van der Waals surface area contributed by atoms with Gasteiger partial charge in [-0.15, -0.1) is 11.3 Å². The second-order valence-corrected chi connectivity index (χ2v) is 12.5. The number of aryl methyl sites for hydroxylation is 1. The quantitative estimate of drug-likeness (QED) is 0.406. The molecule has 2 aromatic carbocycles. The number of carbonyl (C=O) groups is 1. The van der Waals surface area contributed by atoms with E-state index >= 15 is 0 Å². The number of hydrogen-bond donors (Lipinski definition) is 0. The minimum atomic E-state index is 0.0232. The van der Waals surface area contributed by atoms with E-state index in [9.17, 15) is 4.79 Å². The molecule has 0 saturated carbocycles. The van der Waals surface area contributed by atoms with Crippen molar-refractivity contribution in [2.24, 2.45) is 5.92 Å². The fourth-order valence-corrected chi connectivity index (χ4v) is 6.79. The molecule has 1 aromatic heterocycles. The molecule has 1 amide bonds. The van der Waals surface area contributed by atoms with Gasteiger partial charge in [0, 0.05) is 58.7 Å². The summed E-state index contributed by atoms with van der Waals surface area (Å²) in [6.45, 7) is 9.69. The molecule has 0 N–H and O–H groups in total. The number of anilines is 1. The van der Waals surface area contributed by atoms with Crippen molar-refractivity contribution in [3.05, 3.63) is 64.5 Å². The zero-order chi connectivity index (χ0) is 27.5. The SMILES string of the molecule is Cc1ccc(-c2cc3c(c(OC[C@@H]4CCCN(C)C4)c2)OCCN(C(=O)c2ccc(N4CCOCC4)cc2)C3)s1. The van der Waals surface area contributed by atoms with Gasteiger partial charge in [-0.1, -0.05) is 0 Å². The molecule has 0 aliphatic carbocycles. The highest BCUT2D eigenvalue weighted by Crippen LogP contribution is 2.41. The van der Waals surface area contributed by atoms with E-state index in [1.165, 1.54) is 22.6 Å². The predicted octanol–water partition coefficient (Wildman–Crippen LogP) is 5.32. The third kappa shape index (κ3) is 6.14. The lowest BCUT2D eigenvalue weighted by atomic mass is 9.99. The number of piperidine rings is 1. The van der Waals surface area contributed by atoms with E-state index < -0.39 is 0 Å². The van der Waals surface area contributed by atoms with Gasteiger partial charge in [-0.25, -0.2) is 0 Å². The number of fused-ring (bicyclic) bond motifs is 1. The lowest BCUT2D eigenvalue weighted by Crippen LogP contribution is -2.36. The van der Waals surface area contributed by atoms with Crippen molar-refractivity contribution in [1.29, 1.82) is 0 Å². The highest BCUT2D eigenvalue weighted by atomic mass is 32.1. The van der Waals surface area contributed by atoms with Crippen LogP contribution in [0.2, 0.25) is 0 Å². The van der Waals surface area contributed by atoms with E-state index in [0.29, 0.717) is 37.8 Å². The van der Waals surface area contributed by atoms with Crippen molar-refractivity contribution < 1.29 is 19.0 Å². The Morgan fingerprint density at radius 2 is 1.85 bits per heavy atom. The monoisotopic (exact) mass is 561 g/mol. The van der Waals surface area contributed by atoms with Crippen molar-refractivity contribution in [2.75, 3.05) is 71.1 Å². The van der Waals surface area contributed by atoms with E-state index in [-0.39, 0.29) is 5.91 Å². The van der Waals surface area contributed by atoms with Gasteiger partial charge < -0.3 is 28.9 Å². The largest absolute Gasteiger partial charge is 0.489 e. The predicted molar refractivity (Wildman–Crippen MR) is 160 cm³/mol. The fourth-order valence-electron chi connectivity index (χ4n) is 5.93. The number of likely N-dealkylation sites (tertiary alicyclic amines) is 1. The van der Waals surface area contributed by atoms with Crippen molar-refractivity contribution in [2.45, 2.75) is 26.3 Å². The molecule has 3 aliphatic heterocycles. The summed E-state index contributed by atoms with van der Waals surface area (Å²) in [5.74, 6) is 2.09. The first-order valence-electron chi connectivity index (χ1n) is 14.4. The van der Waals surface area contributed by atoms with Gasteiger partial charge in [0.15, 0.2) is 11.5 Å². The summed E-state index contributed by atoms with van der Waals surface area (Å²) in [4.78, 5) is 22.7. The van der Waals surface area contributed by atoms with Gasteiger partial charge in [0.05, 0.1) is 26.4 Å². The zero-order valence-corrected chi connectivity index (χ0v) is 24.4. The number of rotatable bonds is 6. The fraction of sp³-hybridized carbons (Fsp3) is 0.469. The van der Waals surface area contributed by atoms with E-state index in [1.54, 1.807) is 11.3 Å². The van der Waals surface area contributed by atoms with Crippen LogP contribution in [0.25, 0.3) is 10.4 Å². The van der Waals surface area contributed by atoms with Crippen molar-refractivity contribution in [3.8, 4) is 21.9 Å². The lowest BCUT2D eigenvalue weighted by molar-refractivity contribution is 0.0733. The van der Waals surface area contributed by atoms with E-state index in [1.807, 2.05) is 29.2 Å². The van der Waals surface area contributed by atoms with E-state index in [4.69, 9.17) is 14.2 Å². The van der Waals surface area contributed by atoms with Crippen LogP contribution in [-0.4, -0.2) is 81.9 Å². The van der Waals surface area contributed by atoms with Gasteiger partial charge in [-0.05, 0) is 87.5 Å². The summed E-state index contributed by atoms with van der Waals surface area (Å²) in [7, 11) is 2.18. The second kappa shape index (κ2) is 12.2. The third-order valence-electron chi connectivity index (χ3n) is 8.10. The molecule has 40 heavy (non-hydrogen) atoms. The smallest absolute Gasteiger partial charge is 0.254 e. The molecule has 3 aliphatic rings. The molecule has 1 atom stereocenters. The first kappa shape index (κ1) is 27.1. The summed E-state index contributed by atoms with van der Waals surface area (Å²) in [5.41, 5.74) is 3.94. The Labute approximate surface area is 241 Å². The first-order chi connectivity index (χ1) is 19.5. The van der Waals surface area contributed by atoms with Gasteiger partial charge in [-0.2, -0.15) is 0 Å². The molecule has 3 aromatic rings. The zero-order valence-electron chi connectivity index (χ0n) is 23.6. The molecule has 4 heterocycles. The normalized spacial score (nSPS) is 20.0.